The van der Waals surface area contributed by atoms with Gasteiger partial charge >= 0.3 is 0 Å². The highest BCUT2D eigenvalue weighted by molar-refractivity contribution is 5.98. The first-order valence-corrected chi connectivity index (χ1v) is 5.75. The number of ketones is 2. The second kappa shape index (κ2) is 5.36. The molecule has 1 heterocycles. The topological polar surface area (TPSA) is 38.0 Å². The van der Waals surface area contributed by atoms with Gasteiger partial charge in [0.2, 0.25) is 12.3 Å². The molecule has 0 bridgehead atoms. The fourth-order valence-corrected chi connectivity index (χ4v) is 1.69. The number of rotatable bonds is 4. The lowest BCUT2D eigenvalue weighted by Gasteiger charge is -1.99. The van der Waals surface area contributed by atoms with Crippen LogP contribution in [0.1, 0.15) is 27.6 Å². The molecule has 3 heteroatoms. The Hall–Kier alpha value is -2.29. The molecule has 0 fully saturated rings. The van der Waals surface area contributed by atoms with E-state index in [-0.39, 0.29) is 11.6 Å². The summed E-state index contributed by atoms with van der Waals surface area (Å²) in [5.41, 5.74) is 1.25. The fraction of sp³-hybridized carbons (Fsp3) is 0.133. The van der Waals surface area contributed by atoms with Crippen molar-refractivity contribution in [3.05, 3.63) is 66.0 Å². The number of hydrogen-bond donors (Lipinski definition) is 0. The molecule has 0 aliphatic carbocycles. The van der Waals surface area contributed by atoms with E-state index in [0.29, 0.717) is 17.7 Å². The number of nitrogens with zero attached hydrogens (tertiary/aromatic N) is 1. The lowest BCUT2D eigenvalue weighted by atomic mass is 10.1. The first kappa shape index (κ1) is 12.2. The van der Waals surface area contributed by atoms with Crippen molar-refractivity contribution >= 4 is 11.6 Å². The molecule has 0 aliphatic heterocycles. The molecule has 2 rings (SSSR count). The number of aromatic nitrogens is 1. The van der Waals surface area contributed by atoms with Crippen molar-refractivity contribution in [2.75, 3.05) is 0 Å². The van der Waals surface area contributed by atoms with Gasteiger partial charge in [0.15, 0.2) is 18.2 Å². The highest BCUT2D eigenvalue weighted by atomic mass is 16.1. The number of pyridine rings is 1. The molecule has 3 nitrogen and oxygen atoms in total. The predicted molar refractivity (Wildman–Crippen MR) is 67.4 cm³/mol. The number of carbonyl (C=O) groups is 2. The molecular formula is C15H14NO2+. The Bertz CT molecular complexity index is 559. The third-order valence-electron chi connectivity index (χ3n) is 2.72. The molecule has 0 saturated carbocycles. The van der Waals surface area contributed by atoms with Gasteiger partial charge in [-0.15, -0.1) is 0 Å². The number of hydrogen-bond acceptors (Lipinski definition) is 2. The SMILES string of the molecule is CC(=O)c1ccc(C(=O)C[n+]2ccccc2)cc1. The van der Waals surface area contributed by atoms with Gasteiger partial charge in [0.25, 0.3) is 0 Å². The molecule has 0 radical (unpaired) electrons. The van der Waals surface area contributed by atoms with Crippen LogP contribution in [-0.2, 0) is 6.54 Å². The van der Waals surface area contributed by atoms with Crippen LogP contribution in [0.15, 0.2) is 54.9 Å². The number of Topliss-reactive ketones (excluding diaryl/α,β-unsaturated/α-hetero) is 2. The van der Waals surface area contributed by atoms with Crippen LogP contribution in [0.3, 0.4) is 0 Å². The van der Waals surface area contributed by atoms with Crippen molar-refractivity contribution in [2.45, 2.75) is 13.5 Å². The highest BCUT2D eigenvalue weighted by Gasteiger charge is 2.11. The van der Waals surface area contributed by atoms with Gasteiger partial charge in [0.1, 0.15) is 0 Å². The summed E-state index contributed by atoms with van der Waals surface area (Å²) < 4.78 is 1.82. The van der Waals surface area contributed by atoms with Gasteiger partial charge in [-0.05, 0) is 6.92 Å². The quantitative estimate of drug-likeness (QED) is 0.606. The minimum absolute atomic E-state index is 0.00596. The third kappa shape index (κ3) is 2.88. The van der Waals surface area contributed by atoms with Crippen LogP contribution >= 0.6 is 0 Å². The Morgan fingerprint density at radius 2 is 1.50 bits per heavy atom. The smallest absolute Gasteiger partial charge is 0.227 e. The van der Waals surface area contributed by atoms with Gasteiger partial charge in [-0.25, -0.2) is 0 Å². The van der Waals surface area contributed by atoms with E-state index < -0.39 is 0 Å². The van der Waals surface area contributed by atoms with E-state index in [2.05, 4.69) is 0 Å². The summed E-state index contributed by atoms with van der Waals surface area (Å²) in [5.74, 6) is 0.0349. The van der Waals surface area contributed by atoms with E-state index in [1.54, 1.807) is 24.3 Å². The minimum Gasteiger partial charge on any atom is -0.295 e. The summed E-state index contributed by atoms with van der Waals surface area (Å²) in [6, 6.07) is 12.4. The van der Waals surface area contributed by atoms with Crippen molar-refractivity contribution in [1.82, 2.24) is 0 Å². The maximum absolute atomic E-state index is 12.0. The lowest BCUT2D eigenvalue weighted by molar-refractivity contribution is -0.683. The van der Waals surface area contributed by atoms with E-state index in [1.165, 1.54) is 6.92 Å². The summed E-state index contributed by atoms with van der Waals surface area (Å²) in [5, 5.41) is 0. The molecule has 1 aromatic carbocycles. The standard InChI is InChI=1S/C15H14NO2/c1-12(17)13-5-7-14(8-6-13)15(18)11-16-9-3-2-4-10-16/h2-10H,11H2,1H3/q+1. The van der Waals surface area contributed by atoms with Crippen molar-refractivity contribution in [2.24, 2.45) is 0 Å². The molecule has 90 valence electrons. The average molecular weight is 240 g/mol. The van der Waals surface area contributed by atoms with Crippen molar-refractivity contribution in [3.8, 4) is 0 Å². The third-order valence-corrected chi connectivity index (χ3v) is 2.72. The van der Waals surface area contributed by atoms with Crippen LogP contribution < -0.4 is 4.57 Å². The zero-order valence-electron chi connectivity index (χ0n) is 10.2. The van der Waals surface area contributed by atoms with Crippen molar-refractivity contribution in [3.63, 3.8) is 0 Å². The Kier molecular flexibility index (Phi) is 3.63. The molecule has 18 heavy (non-hydrogen) atoms. The van der Waals surface area contributed by atoms with E-state index in [0.717, 1.165) is 0 Å². The molecule has 2 aromatic rings. The second-order valence-corrected chi connectivity index (χ2v) is 4.10. The molecule has 0 amide bonds. The number of benzene rings is 1. The maximum atomic E-state index is 12.0. The minimum atomic E-state index is 0.00596. The maximum Gasteiger partial charge on any atom is 0.227 e. The first-order chi connectivity index (χ1) is 8.66. The van der Waals surface area contributed by atoms with Gasteiger partial charge in [-0.2, -0.15) is 4.57 Å². The molecule has 0 aliphatic rings. The fourth-order valence-electron chi connectivity index (χ4n) is 1.69. The molecule has 0 unspecified atom stereocenters. The highest BCUT2D eigenvalue weighted by Crippen LogP contribution is 2.06. The Morgan fingerprint density at radius 3 is 2.06 bits per heavy atom. The van der Waals surface area contributed by atoms with Crippen LogP contribution in [0.4, 0.5) is 0 Å². The Balaban J connectivity index is 2.12. The van der Waals surface area contributed by atoms with Crippen LogP contribution in [-0.4, -0.2) is 11.6 Å². The first-order valence-electron chi connectivity index (χ1n) is 5.75. The summed E-state index contributed by atoms with van der Waals surface area (Å²) in [4.78, 5) is 23.1. The predicted octanol–water partition coefficient (Wildman–Crippen LogP) is 2.06. The van der Waals surface area contributed by atoms with Gasteiger partial charge in [0.05, 0.1) is 0 Å². The van der Waals surface area contributed by atoms with E-state index in [4.69, 9.17) is 0 Å². The zero-order valence-corrected chi connectivity index (χ0v) is 10.2. The van der Waals surface area contributed by atoms with Crippen LogP contribution in [0.2, 0.25) is 0 Å². The summed E-state index contributed by atoms with van der Waals surface area (Å²) in [6.45, 7) is 1.82. The lowest BCUT2D eigenvalue weighted by Crippen LogP contribution is -2.36. The zero-order chi connectivity index (χ0) is 13.0. The van der Waals surface area contributed by atoms with Gasteiger partial charge in [-0.1, -0.05) is 30.3 Å². The average Bonchev–Trinajstić information content (AvgIpc) is 2.40. The summed E-state index contributed by atoms with van der Waals surface area (Å²) in [6.07, 6.45) is 3.70. The van der Waals surface area contributed by atoms with Gasteiger partial charge in [-0.3, -0.25) is 9.59 Å². The van der Waals surface area contributed by atoms with Crippen molar-refractivity contribution in [1.29, 1.82) is 0 Å². The van der Waals surface area contributed by atoms with E-state index in [9.17, 15) is 9.59 Å². The second-order valence-electron chi connectivity index (χ2n) is 4.10. The largest absolute Gasteiger partial charge is 0.295 e. The molecule has 1 aromatic heterocycles. The molecule has 0 atom stereocenters. The summed E-state index contributed by atoms with van der Waals surface area (Å²) >= 11 is 0. The Morgan fingerprint density at radius 1 is 0.944 bits per heavy atom. The normalized spacial score (nSPS) is 10.1. The Labute approximate surface area is 106 Å². The number of carbonyl (C=O) groups excluding carboxylic acids is 2. The van der Waals surface area contributed by atoms with Crippen LogP contribution in [0.5, 0.6) is 0 Å². The molecule has 0 saturated heterocycles. The van der Waals surface area contributed by atoms with Gasteiger partial charge in [0, 0.05) is 23.3 Å². The monoisotopic (exact) mass is 240 g/mol. The molecule has 0 N–H and O–H groups in total. The molecule has 0 spiro atoms. The van der Waals surface area contributed by atoms with E-state index in [1.807, 2.05) is 35.2 Å². The van der Waals surface area contributed by atoms with Gasteiger partial charge < -0.3 is 0 Å². The van der Waals surface area contributed by atoms with Crippen LogP contribution in [0.25, 0.3) is 0 Å². The van der Waals surface area contributed by atoms with E-state index >= 15 is 0 Å². The van der Waals surface area contributed by atoms with Crippen molar-refractivity contribution < 1.29 is 14.2 Å². The molecular weight excluding hydrogens is 226 g/mol. The summed E-state index contributed by atoms with van der Waals surface area (Å²) in [7, 11) is 0. The van der Waals surface area contributed by atoms with Crippen LogP contribution in [0, 0.1) is 0 Å².